The molecule has 1 aromatic carbocycles. The van der Waals surface area contributed by atoms with Crippen LogP contribution in [-0.4, -0.2) is 23.5 Å². The number of aryl methyl sites for hydroxylation is 1. The van der Waals surface area contributed by atoms with Gasteiger partial charge in [-0.1, -0.05) is 6.07 Å². The highest BCUT2D eigenvalue weighted by atomic mass is 16.5. The topological polar surface area (TPSA) is 77.2 Å². The molecule has 0 aliphatic heterocycles. The molecule has 1 aliphatic rings. The lowest BCUT2D eigenvalue weighted by atomic mass is 9.93. The van der Waals surface area contributed by atoms with E-state index < -0.39 is 5.41 Å². The zero-order valence-electron chi connectivity index (χ0n) is 13.8. The fraction of sp³-hybridized carbons (Fsp3) is 0.444. The summed E-state index contributed by atoms with van der Waals surface area (Å²) in [6.07, 6.45) is 2.15. The third-order valence-corrected chi connectivity index (χ3v) is 4.07. The molecule has 1 heterocycles. The number of rotatable bonds is 5. The summed E-state index contributed by atoms with van der Waals surface area (Å²) in [5.74, 6) is 0.696. The molecule has 122 valence electrons. The van der Waals surface area contributed by atoms with Gasteiger partial charge in [-0.05, 0) is 51.8 Å². The summed E-state index contributed by atoms with van der Waals surface area (Å²) < 4.78 is 5.95. The number of hydrogen-bond acceptors (Lipinski definition) is 4. The van der Waals surface area contributed by atoms with Crippen molar-refractivity contribution in [1.82, 2.24) is 10.3 Å². The van der Waals surface area contributed by atoms with Gasteiger partial charge in [0.2, 0.25) is 5.91 Å². The Morgan fingerprint density at radius 3 is 2.87 bits per heavy atom. The number of carbonyl (C=O) groups is 1. The Morgan fingerprint density at radius 1 is 1.43 bits per heavy atom. The van der Waals surface area contributed by atoms with Gasteiger partial charge < -0.3 is 15.8 Å². The van der Waals surface area contributed by atoms with Gasteiger partial charge in [-0.25, -0.2) is 0 Å². The van der Waals surface area contributed by atoms with E-state index in [0.29, 0.717) is 17.5 Å². The van der Waals surface area contributed by atoms with Gasteiger partial charge >= 0.3 is 0 Å². The number of pyridine rings is 1. The molecule has 1 aromatic heterocycles. The lowest BCUT2D eigenvalue weighted by Gasteiger charge is -2.24. The van der Waals surface area contributed by atoms with E-state index in [2.05, 4.69) is 10.3 Å². The Kier molecular flexibility index (Phi) is 3.88. The molecule has 0 atom stereocenters. The van der Waals surface area contributed by atoms with Crippen LogP contribution in [0.3, 0.4) is 0 Å². The van der Waals surface area contributed by atoms with Crippen LogP contribution in [0.2, 0.25) is 0 Å². The van der Waals surface area contributed by atoms with Crippen molar-refractivity contribution in [3.8, 4) is 5.75 Å². The van der Waals surface area contributed by atoms with Crippen molar-refractivity contribution in [2.24, 2.45) is 5.41 Å². The van der Waals surface area contributed by atoms with Gasteiger partial charge in [0.1, 0.15) is 12.4 Å². The standard InChI is InChI=1S/C18H23N3O2/c1-11-9-13(19)16-14(20-11)5-4-6-15(16)23-10-18(2,3)17(22)21-12-7-8-12/h4-6,9,12H,7-8,10H2,1-3H3,(H2,19,20)(H,21,22). The van der Waals surface area contributed by atoms with Gasteiger partial charge in [-0.15, -0.1) is 0 Å². The minimum Gasteiger partial charge on any atom is -0.492 e. The number of carbonyl (C=O) groups excluding carboxylic acids is 1. The van der Waals surface area contributed by atoms with Crippen molar-refractivity contribution in [3.05, 3.63) is 30.0 Å². The molecule has 1 aliphatic carbocycles. The highest BCUT2D eigenvalue weighted by molar-refractivity contribution is 5.95. The van der Waals surface area contributed by atoms with Crippen LogP contribution in [0.25, 0.3) is 10.9 Å². The van der Waals surface area contributed by atoms with E-state index in [-0.39, 0.29) is 12.5 Å². The average molecular weight is 313 g/mol. The van der Waals surface area contributed by atoms with Crippen LogP contribution in [0.5, 0.6) is 5.75 Å². The molecule has 5 nitrogen and oxygen atoms in total. The Labute approximate surface area is 136 Å². The molecule has 0 unspecified atom stereocenters. The van der Waals surface area contributed by atoms with E-state index >= 15 is 0 Å². The molecule has 3 rings (SSSR count). The van der Waals surface area contributed by atoms with Crippen molar-refractivity contribution in [2.45, 2.75) is 39.7 Å². The Morgan fingerprint density at radius 2 is 2.17 bits per heavy atom. The molecular formula is C18H23N3O2. The summed E-state index contributed by atoms with van der Waals surface area (Å²) in [7, 11) is 0. The number of benzene rings is 1. The minimum atomic E-state index is -0.600. The van der Waals surface area contributed by atoms with Crippen molar-refractivity contribution in [2.75, 3.05) is 12.3 Å². The minimum absolute atomic E-state index is 0.0298. The zero-order chi connectivity index (χ0) is 16.6. The number of nitrogens with two attached hydrogens (primary N) is 1. The Balaban J connectivity index is 1.80. The number of nitrogens with one attached hydrogen (secondary N) is 1. The van der Waals surface area contributed by atoms with E-state index in [1.807, 2.05) is 45.0 Å². The maximum absolute atomic E-state index is 12.3. The van der Waals surface area contributed by atoms with Gasteiger partial charge in [0.15, 0.2) is 0 Å². The molecule has 5 heteroatoms. The number of ether oxygens (including phenoxy) is 1. The Hall–Kier alpha value is -2.30. The number of nitrogen functional groups attached to an aromatic ring is 1. The summed E-state index contributed by atoms with van der Waals surface area (Å²) in [4.78, 5) is 16.8. The van der Waals surface area contributed by atoms with Gasteiger partial charge in [0.25, 0.3) is 0 Å². The highest BCUT2D eigenvalue weighted by Crippen LogP contribution is 2.31. The van der Waals surface area contributed by atoms with Crippen LogP contribution in [-0.2, 0) is 4.79 Å². The average Bonchev–Trinajstić information content (AvgIpc) is 3.28. The second-order valence-corrected chi connectivity index (χ2v) is 6.92. The van der Waals surface area contributed by atoms with Crippen molar-refractivity contribution < 1.29 is 9.53 Å². The molecule has 0 bridgehead atoms. The summed E-state index contributed by atoms with van der Waals surface area (Å²) in [5, 5.41) is 3.83. The van der Waals surface area contributed by atoms with Gasteiger partial charge in [-0.2, -0.15) is 0 Å². The lowest BCUT2D eigenvalue weighted by Crippen LogP contribution is -2.41. The third kappa shape index (κ3) is 3.38. The maximum atomic E-state index is 12.3. The van der Waals surface area contributed by atoms with E-state index in [4.69, 9.17) is 10.5 Å². The van der Waals surface area contributed by atoms with Crippen molar-refractivity contribution in [1.29, 1.82) is 0 Å². The van der Waals surface area contributed by atoms with Crippen LogP contribution < -0.4 is 15.8 Å². The normalized spacial score (nSPS) is 14.7. The summed E-state index contributed by atoms with van der Waals surface area (Å²) in [5.41, 5.74) is 7.85. The quantitative estimate of drug-likeness (QED) is 0.890. The van der Waals surface area contributed by atoms with Gasteiger partial charge in [0, 0.05) is 17.4 Å². The van der Waals surface area contributed by atoms with E-state index in [1.165, 1.54) is 0 Å². The maximum Gasteiger partial charge on any atom is 0.229 e. The lowest BCUT2D eigenvalue weighted by molar-refractivity contribution is -0.130. The fourth-order valence-electron chi connectivity index (χ4n) is 2.47. The van der Waals surface area contributed by atoms with Crippen LogP contribution in [0.4, 0.5) is 5.69 Å². The van der Waals surface area contributed by atoms with Crippen LogP contribution in [0.1, 0.15) is 32.4 Å². The molecule has 2 aromatic rings. The van der Waals surface area contributed by atoms with E-state index in [1.54, 1.807) is 0 Å². The number of fused-ring (bicyclic) bond motifs is 1. The number of anilines is 1. The van der Waals surface area contributed by atoms with E-state index in [9.17, 15) is 4.79 Å². The highest BCUT2D eigenvalue weighted by Gasteiger charge is 2.33. The molecule has 23 heavy (non-hydrogen) atoms. The predicted molar refractivity (Wildman–Crippen MR) is 91.3 cm³/mol. The second-order valence-electron chi connectivity index (χ2n) is 6.92. The largest absolute Gasteiger partial charge is 0.492 e. The number of nitrogens with zero attached hydrogens (tertiary/aromatic N) is 1. The van der Waals surface area contributed by atoms with Gasteiger partial charge in [-0.3, -0.25) is 9.78 Å². The molecule has 0 saturated heterocycles. The summed E-state index contributed by atoms with van der Waals surface area (Å²) in [6, 6.07) is 7.85. The van der Waals surface area contributed by atoms with Crippen molar-refractivity contribution >= 4 is 22.5 Å². The molecule has 0 radical (unpaired) electrons. The molecule has 1 amide bonds. The summed E-state index contributed by atoms with van der Waals surface area (Å²) in [6.45, 7) is 5.98. The second kappa shape index (κ2) is 5.72. The predicted octanol–water partition coefficient (Wildman–Crippen LogP) is 2.81. The molecular weight excluding hydrogens is 290 g/mol. The fourth-order valence-corrected chi connectivity index (χ4v) is 2.47. The van der Waals surface area contributed by atoms with Crippen molar-refractivity contribution in [3.63, 3.8) is 0 Å². The smallest absolute Gasteiger partial charge is 0.229 e. The van der Waals surface area contributed by atoms with Crippen LogP contribution in [0, 0.1) is 12.3 Å². The molecule has 1 fully saturated rings. The number of hydrogen-bond donors (Lipinski definition) is 2. The first-order chi connectivity index (χ1) is 10.9. The van der Waals surface area contributed by atoms with Crippen LogP contribution in [0.15, 0.2) is 24.3 Å². The first kappa shape index (κ1) is 15.6. The molecule has 3 N–H and O–H groups in total. The monoisotopic (exact) mass is 313 g/mol. The summed E-state index contributed by atoms with van der Waals surface area (Å²) >= 11 is 0. The molecule has 1 saturated carbocycles. The first-order valence-corrected chi connectivity index (χ1v) is 7.96. The third-order valence-electron chi connectivity index (χ3n) is 4.07. The van der Waals surface area contributed by atoms with Crippen LogP contribution >= 0.6 is 0 Å². The number of amides is 1. The van der Waals surface area contributed by atoms with Gasteiger partial charge in [0.05, 0.1) is 16.3 Å². The number of aromatic nitrogens is 1. The SMILES string of the molecule is Cc1cc(N)c2c(OCC(C)(C)C(=O)NC3CC3)cccc2n1. The molecule has 0 spiro atoms. The Bertz CT molecular complexity index is 751. The zero-order valence-corrected chi connectivity index (χ0v) is 13.8. The van der Waals surface area contributed by atoms with E-state index in [0.717, 1.165) is 29.4 Å². The first-order valence-electron chi connectivity index (χ1n) is 7.96.